The van der Waals surface area contributed by atoms with Crippen LogP contribution in [0.2, 0.25) is 0 Å². The number of aliphatic hydroxyl groups excluding tert-OH is 1. The summed E-state index contributed by atoms with van der Waals surface area (Å²) in [4.78, 5) is 3.93. The van der Waals surface area contributed by atoms with Crippen LogP contribution in [0.15, 0.2) is 4.52 Å². The second kappa shape index (κ2) is 4.90. The molecule has 0 aliphatic heterocycles. The molecule has 0 fully saturated rings. The second-order valence-corrected chi connectivity index (χ2v) is 2.48. The van der Waals surface area contributed by atoms with E-state index in [4.69, 9.17) is 20.1 Å². The summed E-state index contributed by atoms with van der Waals surface area (Å²) in [6, 6.07) is -0.608. The molecule has 6 nitrogen and oxygen atoms in total. The Kier molecular flexibility index (Phi) is 3.81. The highest BCUT2D eigenvalue weighted by atomic mass is 16.5. The summed E-state index contributed by atoms with van der Waals surface area (Å²) >= 11 is 0. The molecule has 0 bridgehead atoms. The summed E-state index contributed by atoms with van der Waals surface area (Å²) < 4.78 is 9.85. The van der Waals surface area contributed by atoms with Gasteiger partial charge in [0.05, 0.1) is 6.61 Å². The second-order valence-electron chi connectivity index (χ2n) is 2.48. The zero-order chi connectivity index (χ0) is 9.68. The van der Waals surface area contributed by atoms with E-state index >= 15 is 0 Å². The van der Waals surface area contributed by atoms with Gasteiger partial charge in [-0.05, 0) is 6.92 Å². The molecule has 0 aromatic carbocycles. The van der Waals surface area contributed by atoms with E-state index in [0.717, 1.165) is 0 Å². The molecule has 1 heterocycles. The van der Waals surface area contributed by atoms with Crippen molar-refractivity contribution in [3.05, 3.63) is 11.7 Å². The first-order valence-corrected chi connectivity index (χ1v) is 4.04. The maximum Gasteiger partial charge on any atom is 0.246 e. The van der Waals surface area contributed by atoms with Crippen molar-refractivity contribution in [2.45, 2.75) is 19.6 Å². The first-order valence-electron chi connectivity index (χ1n) is 4.04. The molecule has 0 saturated heterocycles. The molecule has 1 rings (SSSR count). The molecule has 0 spiro atoms. The SMILES string of the molecule is CCOCc1noc([C@@H](N)CO)n1. The minimum atomic E-state index is -0.608. The average Bonchev–Trinajstić information content (AvgIpc) is 2.62. The third-order valence-electron chi connectivity index (χ3n) is 1.43. The summed E-state index contributed by atoms with van der Waals surface area (Å²) in [7, 11) is 0. The van der Waals surface area contributed by atoms with Crippen molar-refractivity contribution in [3.63, 3.8) is 0 Å². The Morgan fingerprint density at radius 1 is 1.69 bits per heavy atom. The fraction of sp³-hybridized carbons (Fsp3) is 0.714. The molecule has 1 aromatic heterocycles. The van der Waals surface area contributed by atoms with Gasteiger partial charge in [-0.3, -0.25) is 0 Å². The highest BCUT2D eigenvalue weighted by molar-refractivity contribution is 4.90. The maximum atomic E-state index is 8.69. The molecular formula is C7H13N3O3. The predicted molar refractivity (Wildman–Crippen MR) is 43.6 cm³/mol. The molecule has 0 radical (unpaired) electrons. The third-order valence-corrected chi connectivity index (χ3v) is 1.43. The normalized spacial score (nSPS) is 13.2. The van der Waals surface area contributed by atoms with E-state index in [2.05, 4.69) is 10.1 Å². The van der Waals surface area contributed by atoms with Crippen LogP contribution < -0.4 is 5.73 Å². The van der Waals surface area contributed by atoms with Crippen molar-refractivity contribution in [2.24, 2.45) is 5.73 Å². The smallest absolute Gasteiger partial charge is 0.246 e. The molecule has 0 amide bonds. The molecular weight excluding hydrogens is 174 g/mol. The first kappa shape index (κ1) is 10.1. The number of aliphatic hydroxyl groups is 1. The number of nitrogens with two attached hydrogens (primary N) is 1. The third kappa shape index (κ3) is 2.76. The molecule has 13 heavy (non-hydrogen) atoms. The average molecular weight is 187 g/mol. The van der Waals surface area contributed by atoms with Gasteiger partial charge >= 0.3 is 0 Å². The van der Waals surface area contributed by atoms with Gasteiger partial charge in [0.2, 0.25) is 5.89 Å². The largest absolute Gasteiger partial charge is 0.394 e. The minimum Gasteiger partial charge on any atom is -0.394 e. The van der Waals surface area contributed by atoms with Crippen LogP contribution in [0.5, 0.6) is 0 Å². The van der Waals surface area contributed by atoms with Crippen LogP contribution in [-0.2, 0) is 11.3 Å². The predicted octanol–water partition coefficient (Wildman–Crippen LogP) is -0.402. The van der Waals surface area contributed by atoms with Gasteiger partial charge in [0.1, 0.15) is 12.6 Å². The minimum absolute atomic E-state index is 0.212. The van der Waals surface area contributed by atoms with E-state index < -0.39 is 6.04 Å². The van der Waals surface area contributed by atoms with Crippen LogP contribution >= 0.6 is 0 Å². The number of rotatable bonds is 5. The van der Waals surface area contributed by atoms with Crippen molar-refractivity contribution in [1.29, 1.82) is 0 Å². The van der Waals surface area contributed by atoms with Gasteiger partial charge < -0.3 is 20.1 Å². The molecule has 0 aliphatic rings. The Balaban J connectivity index is 2.53. The van der Waals surface area contributed by atoms with Crippen LogP contribution in [0.1, 0.15) is 24.7 Å². The number of ether oxygens (including phenoxy) is 1. The summed E-state index contributed by atoms with van der Waals surface area (Å²) in [5, 5.41) is 12.3. The van der Waals surface area contributed by atoms with Crippen molar-refractivity contribution >= 4 is 0 Å². The fourth-order valence-corrected chi connectivity index (χ4v) is 0.748. The quantitative estimate of drug-likeness (QED) is 0.651. The summed E-state index contributed by atoms with van der Waals surface area (Å²) in [5.74, 6) is 0.679. The van der Waals surface area contributed by atoms with Crippen molar-refractivity contribution in [3.8, 4) is 0 Å². The Morgan fingerprint density at radius 2 is 2.46 bits per heavy atom. The Labute approximate surface area is 75.7 Å². The molecule has 0 unspecified atom stereocenters. The summed E-state index contributed by atoms with van der Waals surface area (Å²) in [6.45, 7) is 2.56. The molecule has 74 valence electrons. The van der Waals surface area contributed by atoms with Gasteiger partial charge in [-0.2, -0.15) is 4.98 Å². The van der Waals surface area contributed by atoms with E-state index in [-0.39, 0.29) is 12.5 Å². The summed E-state index contributed by atoms with van der Waals surface area (Å²) in [6.07, 6.45) is 0. The zero-order valence-electron chi connectivity index (χ0n) is 7.43. The number of nitrogens with zero attached hydrogens (tertiary/aromatic N) is 2. The van der Waals surface area contributed by atoms with Gasteiger partial charge in [-0.25, -0.2) is 0 Å². The number of hydrogen-bond donors (Lipinski definition) is 2. The van der Waals surface area contributed by atoms with Crippen LogP contribution in [0.25, 0.3) is 0 Å². The highest BCUT2D eigenvalue weighted by Gasteiger charge is 2.13. The maximum absolute atomic E-state index is 8.69. The van der Waals surface area contributed by atoms with Crippen LogP contribution in [-0.4, -0.2) is 28.5 Å². The lowest BCUT2D eigenvalue weighted by Gasteiger charge is -1.98. The Hall–Kier alpha value is -0.980. The lowest BCUT2D eigenvalue weighted by atomic mass is 10.3. The standard InChI is InChI=1S/C7H13N3O3/c1-2-12-4-6-9-7(13-10-6)5(8)3-11/h5,11H,2-4,8H2,1H3/t5-/m0/s1. The Bertz CT molecular complexity index is 251. The molecule has 3 N–H and O–H groups in total. The van der Waals surface area contributed by atoms with E-state index in [9.17, 15) is 0 Å². The molecule has 1 atom stereocenters. The molecule has 6 heteroatoms. The molecule has 1 aromatic rings. The van der Waals surface area contributed by atoms with Gasteiger partial charge in [-0.15, -0.1) is 0 Å². The van der Waals surface area contributed by atoms with Crippen molar-refractivity contribution in [1.82, 2.24) is 10.1 Å². The lowest BCUT2D eigenvalue weighted by Crippen LogP contribution is -2.14. The van der Waals surface area contributed by atoms with Crippen LogP contribution in [0.3, 0.4) is 0 Å². The van der Waals surface area contributed by atoms with E-state index in [0.29, 0.717) is 19.0 Å². The van der Waals surface area contributed by atoms with Crippen LogP contribution in [0.4, 0.5) is 0 Å². The lowest BCUT2D eigenvalue weighted by molar-refractivity contribution is 0.126. The highest BCUT2D eigenvalue weighted by Crippen LogP contribution is 2.06. The van der Waals surface area contributed by atoms with Crippen LogP contribution in [0, 0.1) is 0 Å². The van der Waals surface area contributed by atoms with Gasteiger partial charge in [-0.1, -0.05) is 5.16 Å². The Morgan fingerprint density at radius 3 is 3.08 bits per heavy atom. The van der Waals surface area contributed by atoms with E-state index in [1.807, 2.05) is 6.92 Å². The topological polar surface area (TPSA) is 94.4 Å². The molecule has 0 aliphatic carbocycles. The van der Waals surface area contributed by atoms with Gasteiger partial charge in [0.25, 0.3) is 0 Å². The molecule has 0 saturated carbocycles. The van der Waals surface area contributed by atoms with E-state index in [1.165, 1.54) is 0 Å². The van der Waals surface area contributed by atoms with Crippen molar-refractivity contribution in [2.75, 3.05) is 13.2 Å². The van der Waals surface area contributed by atoms with Crippen molar-refractivity contribution < 1.29 is 14.4 Å². The fourth-order valence-electron chi connectivity index (χ4n) is 0.748. The number of aromatic nitrogens is 2. The first-order chi connectivity index (χ1) is 6.27. The van der Waals surface area contributed by atoms with E-state index in [1.54, 1.807) is 0 Å². The van der Waals surface area contributed by atoms with Gasteiger partial charge in [0, 0.05) is 6.61 Å². The van der Waals surface area contributed by atoms with Gasteiger partial charge in [0.15, 0.2) is 5.82 Å². The monoisotopic (exact) mass is 187 g/mol. The number of hydrogen-bond acceptors (Lipinski definition) is 6. The summed E-state index contributed by atoms with van der Waals surface area (Å²) in [5.41, 5.74) is 5.45. The zero-order valence-corrected chi connectivity index (χ0v) is 7.43.